The van der Waals surface area contributed by atoms with Crippen molar-refractivity contribution < 1.29 is 33.3 Å². The third-order valence-electron chi connectivity index (χ3n) is 5.49. The second-order valence-electron chi connectivity index (χ2n) is 7.50. The molecule has 1 aliphatic heterocycles. The highest BCUT2D eigenvalue weighted by Gasteiger charge is 2.28. The number of hydrogen-bond donors (Lipinski definition) is 1. The van der Waals surface area contributed by atoms with E-state index >= 15 is 0 Å². The first kappa shape index (κ1) is 23.9. The van der Waals surface area contributed by atoms with E-state index in [2.05, 4.69) is 5.32 Å². The first-order chi connectivity index (χ1) is 16.0. The van der Waals surface area contributed by atoms with Crippen molar-refractivity contribution >= 4 is 23.5 Å². The van der Waals surface area contributed by atoms with Crippen molar-refractivity contribution in [1.82, 2.24) is 4.90 Å². The number of methoxy groups -OCH3 is 3. The molecule has 0 bridgehead atoms. The molecule has 0 atom stereocenters. The molecule has 2 aromatic rings. The minimum absolute atomic E-state index is 0.0536. The van der Waals surface area contributed by atoms with E-state index in [9.17, 15) is 14.4 Å². The smallest absolute Gasteiger partial charge is 0.338 e. The first-order valence-electron chi connectivity index (χ1n) is 10.6. The maximum Gasteiger partial charge on any atom is 0.338 e. The molecule has 1 N–H and O–H groups in total. The summed E-state index contributed by atoms with van der Waals surface area (Å²) in [7, 11) is 4.35. The summed E-state index contributed by atoms with van der Waals surface area (Å²) < 4.78 is 20.9. The van der Waals surface area contributed by atoms with Gasteiger partial charge in [0.05, 0.1) is 26.9 Å². The predicted molar refractivity (Wildman–Crippen MR) is 121 cm³/mol. The maximum atomic E-state index is 12.5. The number of amides is 2. The largest absolute Gasteiger partial charge is 0.493 e. The average molecular weight is 456 g/mol. The van der Waals surface area contributed by atoms with Gasteiger partial charge >= 0.3 is 5.97 Å². The molecule has 0 unspecified atom stereocenters. The highest BCUT2D eigenvalue weighted by Crippen LogP contribution is 2.38. The number of rotatable bonds is 8. The number of benzene rings is 2. The molecule has 3 rings (SSSR count). The van der Waals surface area contributed by atoms with E-state index in [0.717, 1.165) is 5.69 Å². The minimum atomic E-state index is -0.681. The molecule has 0 aliphatic carbocycles. The van der Waals surface area contributed by atoms with Gasteiger partial charge in [0, 0.05) is 24.7 Å². The molecule has 1 fully saturated rings. The molecule has 1 heterocycles. The zero-order valence-electron chi connectivity index (χ0n) is 19.0. The predicted octanol–water partition coefficient (Wildman–Crippen LogP) is 2.75. The van der Waals surface area contributed by atoms with E-state index in [1.807, 2.05) is 30.3 Å². The Morgan fingerprint density at radius 2 is 1.55 bits per heavy atom. The third kappa shape index (κ3) is 5.94. The Morgan fingerprint density at radius 3 is 2.09 bits per heavy atom. The molecular weight excluding hydrogens is 428 g/mol. The summed E-state index contributed by atoms with van der Waals surface area (Å²) in [5.74, 6) is -0.237. The van der Waals surface area contributed by atoms with Crippen LogP contribution in [-0.4, -0.2) is 63.7 Å². The Kier molecular flexibility index (Phi) is 8.12. The quantitative estimate of drug-likeness (QED) is 0.609. The lowest BCUT2D eigenvalue weighted by Crippen LogP contribution is -2.43. The van der Waals surface area contributed by atoms with Crippen LogP contribution < -0.4 is 19.5 Å². The van der Waals surface area contributed by atoms with Crippen molar-refractivity contribution in [2.24, 2.45) is 5.92 Å². The van der Waals surface area contributed by atoms with Crippen LogP contribution in [0.1, 0.15) is 23.2 Å². The molecule has 0 saturated carbocycles. The number of esters is 1. The maximum absolute atomic E-state index is 12.5. The fraction of sp³-hybridized carbons (Fsp3) is 0.375. The highest BCUT2D eigenvalue weighted by atomic mass is 16.5. The second-order valence-corrected chi connectivity index (χ2v) is 7.50. The number of piperidine rings is 1. The van der Waals surface area contributed by atoms with Crippen molar-refractivity contribution in [3.8, 4) is 17.2 Å². The van der Waals surface area contributed by atoms with Gasteiger partial charge in [0.2, 0.25) is 11.7 Å². The van der Waals surface area contributed by atoms with Gasteiger partial charge in [-0.25, -0.2) is 4.79 Å². The van der Waals surface area contributed by atoms with Gasteiger partial charge in [-0.05, 0) is 37.1 Å². The zero-order chi connectivity index (χ0) is 23.8. The Hall–Kier alpha value is -3.75. The molecule has 9 nitrogen and oxygen atoms in total. The Balaban J connectivity index is 1.50. The van der Waals surface area contributed by atoms with E-state index < -0.39 is 12.6 Å². The minimum Gasteiger partial charge on any atom is -0.493 e. The van der Waals surface area contributed by atoms with Crippen LogP contribution in [0.4, 0.5) is 5.69 Å². The lowest BCUT2D eigenvalue weighted by molar-refractivity contribution is -0.137. The number of nitrogens with zero attached hydrogens (tertiary/aromatic N) is 1. The normalized spacial score (nSPS) is 13.7. The van der Waals surface area contributed by atoms with Crippen LogP contribution in [0.15, 0.2) is 42.5 Å². The van der Waals surface area contributed by atoms with Gasteiger partial charge in [0.15, 0.2) is 18.1 Å². The molecule has 2 aromatic carbocycles. The molecule has 0 aromatic heterocycles. The molecule has 2 amide bonds. The Morgan fingerprint density at radius 1 is 0.939 bits per heavy atom. The van der Waals surface area contributed by atoms with Crippen molar-refractivity contribution in [2.45, 2.75) is 12.8 Å². The summed E-state index contributed by atoms with van der Waals surface area (Å²) >= 11 is 0. The molecular formula is C24H28N2O7. The lowest BCUT2D eigenvalue weighted by atomic mass is 9.95. The number of likely N-dealkylation sites (tertiary alicyclic amines) is 1. The molecule has 9 heteroatoms. The molecule has 33 heavy (non-hydrogen) atoms. The molecule has 176 valence electrons. The van der Waals surface area contributed by atoms with Gasteiger partial charge in [-0.1, -0.05) is 18.2 Å². The van der Waals surface area contributed by atoms with Gasteiger partial charge in [-0.3, -0.25) is 9.59 Å². The van der Waals surface area contributed by atoms with Crippen LogP contribution in [-0.2, 0) is 14.3 Å². The van der Waals surface area contributed by atoms with Gasteiger partial charge in [0.25, 0.3) is 5.91 Å². The highest BCUT2D eigenvalue weighted by molar-refractivity contribution is 5.94. The van der Waals surface area contributed by atoms with Crippen molar-refractivity contribution in [3.05, 3.63) is 48.0 Å². The van der Waals surface area contributed by atoms with E-state index in [4.69, 9.17) is 18.9 Å². The van der Waals surface area contributed by atoms with E-state index in [0.29, 0.717) is 43.2 Å². The van der Waals surface area contributed by atoms with Crippen LogP contribution in [0.2, 0.25) is 0 Å². The Labute approximate surface area is 192 Å². The van der Waals surface area contributed by atoms with Crippen LogP contribution in [0.25, 0.3) is 0 Å². The fourth-order valence-electron chi connectivity index (χ4n) is 3.66. The van der Waals surface area contributed by atoms with E-state index in [-0.39, 0.29) is 23.3 Å². The molecule has 1 saturated heterocycles. The average Bonchev–Trinajstić information content (AvgIpc) is 2.86. The SMILES string of the molecule is COc1cc(C(=O)OCC(=O)N2CCC(C(=O)Nc3ccccc3)CC2)cc(OC)c1OC. The van der Waals surface area contributed by atoms with Crippen molar-refractivity contribution in [3.63, 3.8) is 0 Å². The summed E-state index contributed by atoms with van der Waals surface area (Å²) in [6.07, 6.45) is 1.09. The van der Waals surface area contributed by atoms with Gasteiger partial charge in [-0.15, -0.1) is 0 Å². The summed E-state index contributed by atoms with van der Waals surface area (Å²) in [5.41, 5.74) is 0.924. The summed E-state index contributed by atoms with van der Waals surface area (Å²) in [6, 6.07) is 12.2. The number of hydrogen-bond acceptors (Lipinski definition) is 7. The first-order valence-corrected chi connectivity index (χ1v) is 10.6. The van der Waals surface area contributed by atoms with Crippen molar-refractivity contribution in [1.29, 1.82) is 0 Å². The topological polar surface area (TPSA) is 103 Å². The standard InChI is InChI=1S/C24H28N2O7/c1-30-19-13-17(14-20(31-2)22(19)32-3)24(29)33-15-21(27)26-11-9-16(10-12-26)23(28)25-18-7-5-4-6-8-18/h4-8,13-14,16H,9-12,15H2,1-3H3,(H,25,28). The number of nitrogens with one attached hydrogen (secondary N) is 1. The van der Waals surface area contributed by atoms with Crippen LogP contribution in [0.3, 0.4) is 0 Å². The summed E-state index contributed by atoms with van der Waals surface area (Å²) in [6.45, 7) is 0.456. The zero-order valence-corrected chi connectivity index (χ0v) is 19.0. The summed E-state index contributed by atoms with van der Waals surface area (Å²) in [5, 5.41) is 2.90. The fourth-order valence-corrected chi connectivity index (χ4v) is 3.66. The van der Waals surface area contributed by atoms with E-state index in [1.165, 1.54) is 33.5 Å². The van der Waals surface area contributed by atoms with E-state index in [1.54, 1.807) is 4.90 Å². The monoisotopic (exact) mass is 456 g/mol. The number of carbonyl (C=O) groups is 3. The number of anilines is 1. The molecule has 1 aliphatic rings. The third-order valence-corrected chi connectivity index (χ3v) is 5.49. The number of para-hydroxylation sites is 1. The Bertz CT molecular complexity index is 961. The van der Waals surface area contributed by atoms with Crippen LogP contribution in [0.5, 0.6) is 17.2 Å². The van der Waals surface area contributed by atoms with Crippen LogP contribution in [0, 0.1) is 5.92 Å². The van der Waals surface area contributed by atoms with Crippen LogP contribution >= 0.6 is 0 Å². The van der Waals surface area contributed by atoms with Crippen molar-refractivity contribution in [2.75, 3.05) is 46.3 Å². The number of ether oxygens (including phenoxy) is 4. The molecule has 0 radical (unpaired) electrons. The van der Waals surface area contributed by atoms with Gasteiger partial charge in [0.1, 0.15) is 0 Å². The lowest BCUT2D eigenvalue weighted by Gasteiger charge is -2.31. The number of carbonyl (C=O) groups excluding carboxylic acids is 3. The van der Waals surface area contributed by atoms with Gasteiger partial charge < -0.3 is 29.2 Å². The second kappa shape index (κ2) is 11.2. The molecule has 0 spiro atoms. The summed E-state index contributed by atoms with van der Waals surface area (Å²) in [4.78, 5) is 39.1. The van der Waals surface area contributed by atoms with Gasteiger partial charge in [-0.2, -0.15) is 0 Å².